The van der Waals surface area contributed by atoms with Crippen LogP contribution in [-0.2, 0) is 21.7 Å². The van der Waals surface area contributed by atoms with E-state index in [1.54, 1.807) is 31.3 Å². The molecule has 0 saturated heterocycles. The topological polar surface area (TPSA) is 93.7 Å². The van der Waals surface area contributed by atoms with Gasteiger partial charge in [0.1, 0.15) is 24.0 Å². The van der Waals surface area contributed by atoms with E-state index in [1.165, 1.54) is 18.0 Å². The zero-order valence-electron chi connectivity index (χ0n) is 16.7. The predicted molar refractivity (Wildman–Crippen MR) is 101 cm³/mol. The van der Waals surface area contributed by atoms with Crippen LogP contribution in [0.4, 0.5) is 18.9 Å². The summed E-state index contributed by atoms with van der Waals surface area (Å²) in [6, 6.07) is 5.90. The number of nitrogens with one attached hydrogen (secondary N) is 1. The van der Waals surface area contributed by atoms with Crippen molar-refractivity contribution in [3.8, 4) is 5.75 Å². The number of halogens is 3. The van der Waals surface area contributed by atoms with Crippen molar-refractivity contribution < 1.29 is 32.2 Å². The Labute approximate surface area is 175 Å². The highest BCUT2D eigenvalue weighted by Gasteiger charge is 2.47. The number of carbonyl (C=O) groups excluding carboxylic acids is 2. The molecule has 164 valence electrons. The number of para-hydroxylation sites is 2. The smallest absolute Gasteiger partial charge is 0.392 e. The molecule has 2 aromatic rings. The number of nitrogens with zero attached hydrogens (tertiary/aromatic N) is 3. The molecular weight excluding hydrogens is 417 g/mol. The van der Waals surface area contributed by atoms with Gasteiger partial charge in [0.2, 0.25) is 5.82 Å². The molecule has 0 radical (unpaired) electrons. The van der Waals surface area contributed by atoms with Crippen LogP contribution in [-0.4, -0.2) is 47.7 Å². The first-order chi connectivity index (χ1) is 14.6. The molecule has 8 nitrogen and oxygen atoms in total. The van der Waals surface area contributed by atoms with Crippen molar-refractivity contribution in [2.45, 2.75) is 37.8 Å². The van der Waals surface area contributed by atoms with Crippen LogP contribution in [0.5, 0.6) is 5.75 Å². The molecule has 1 N–H and O–H groups in total. The maximum Gasteiger partial charge on any atom is 0.392 e. The Morgan fingerprint density at radius 2 is 2.10 bits per heavy atom. The number of hydrogen-bond donors (Lipinski definition) is 1. The highest BCUT2D eigenvalue weighted by molar-refractivity contribution is 6.02. The Kier molecular flexibility index (Phi) is 5.08. The molecular formula is C20H19F3N4O4. The Morgan fingerprint density at radius 1 is 1.35 bits per heavy atom. The standard InChI is InChI=1S/C20H19F3N4O4/c1-19(10-20(21,22)23)15-11(8-31-19)7-24-16(26-15)17(28)25-12-9-30-14-6-4-3-5-13(14)27(2)18(12)29/h3-7,12H,8-10H2,1-2H3,(H,25,28)/t12-,19-/m0/s1. The van der Waals surface area contributed by atoms with E-state index in [4.69, 9.17) is 9.47 Å². The summed E-state index contributed by atoms with van der Waals surface area (Å²) in [7, 11) is 1.56. The number of fused-ring (bicyclic) bond motifs is 2. The van der Waals surface area contributed by atoms with Gasteiger partial charge in [0.15, 0.2) is 0 Å². The Balaban J connectivity index is 1.54. The van der Waals surface area contributed by atoms with Crippen LogP contribution >= 0.6 is 0 Å². The van der Waals surface area contributed by atoms with Crippen molar-refractivity contribution >= 4 is 17.5 Å². The predicted octanol–water partition coefficient (Wildman–Crippen LogP) is 2.33. The number of alkyl halides is 3. The summed E-state index contributed by atoms with van der Waals surface area (Å²) >= 11 is 0. The molecule has 2 aliphatic rings. The first-order valence-corrected chi connectivity index (χ1v) is 9.45. The molecule has 0 bridgehead atoms. The van der Waals surface area contributed by atoms with Crippen molar-refractivity contribution in [3.63, 3.8) is 0 Å². The second-order valence-electron chi connectivity index (χ2n) is 7.58. The maximum absolute atomic E-state index is 13.0. The zero-order valence-corrected chi connectivity index (χ0v) is 16.7. The van der Waals surface area contributed by atoms with Gasteiger partial charge in [0.25, 0.3) is 11.8 Å². The second kappa shape index (κ2) is 7.49. The highest BCUT2D eigenvalue weighted by Crippen LogP contribution is 2.42. The van der Waals surface area contributed by atoms with Gasteiger partial charge in [-0.2, -0.15) is 13.2 Å². The summed E-state index contributed by atoms with van der Waals surface area (Å²) in [5.74, 6) is -1.08. The van der Waals surface area contributed by atoms with Gasteiger partial charge < -0.3 is 19.7 Å². The molecule has 0 saturated carbocycles. The third kappa shape index (κ3) is 4.05. The normalized spacial score (nSPS) is 22.9. The summed E-state index contributed by atoms with van der Waals surface area (Å²) in [5.41, 5.74) is -0.766. The minimum Gasteiger partial charge on any atom is -0.489 e. The molecule has 1 aromatic heterocycles. The summed E-state index contributed by atoms with van der Waals surface area (Å²) in [6.07, 6.45) is -4.46. The number of rotatable bonds is 3. The molecule has 2 aliphatic heterocycles. The number of hydrogen-bond acceptors (Lipinski definition) is 6. The molecule has 0 unspecified atom stereocenters. The van der Waals surface area contributed by atoms with Crippen LogP contribution in [0.25, 0.3) is 0 Å². The van der Waals surface area contributed by atoms with Crippen LogP contribution < -0.4 is 15.0 Å². The Hall–Kier alpha value is -3.21. The van der Waals surface area contributed by atoms with Gasteiger partial charge in [0.05, 0.1) is 24.4 Å². The van der Waals surface area contributed by atoms with Crippen molar-refractivity contribution in [1.82, 2.24) is 15.3 Å². The third-order valence-corrected chi connectivity index (χ3v) is 5.22. The second-order valence-corrected chi connectivity index (χ2v) is 7.58. The number of carbonyl (C=O) groups is 2. The first kappa shape index (κ1) is 21.0. The van der Waals surface area contributed by atoms with E-state index >= 15 is 0 Å². The SMILES string of the molecule is CN1C(=O)[C@@H](NC(=O)c2ncc3c(n2)[C@](C)(CC(F)(F)F)OC3)COc2ccccc21. The van der Waals surface area contributed by atoms with Crippen LogP contribution in [0.2, 0.25) is 0 Å². The van der Waals surface area contributed by atoms with E-state index in [2.05, 4.69) is 15.3 Å². The average molecular weight is 436 g/mol. The number of likely N-dealkylation sites (N-methyl/N-ethyl adjacent to an activating group) is 1. The Morgan fingerprint density at radius 3 is 2.84 bits per heavy atom. The lowest BCUT2D eigenvalue weighted by molar-refractivity contribution is -0.185. The lowest BCUT2D eigenvalue weighted by Crippen LogP contribution is -2.49. The van der Waals surface area contributed by atoms with Crippen LogP contribution in [0.1, 0.15) is 35.2 Å². The Bertz CT molecular complexity index is 1050. The number of amides is 2. The summed E-state index contributed by atoms with van der Waals surface area (Å²) in [6.45, 7) is 1.07. The lowest BCUT2D eigenvalue weighted by Gasteiger charge is -2.25. The van der Waals surface area contributed by atoms with Gasteiger partial charge in [-0.3, -0.25) is 9.59 Å². The fourth-order valence-corrected chi connectivity index (χ4v) is 3.68. The molecule has 1 aromatic carbocycles. The van der Waals surface area contributed by atoms with Gasteiger partial charge in [-0.05, 0) is 19.1 Å². The van der Waals surface area contributed by atoms with Crippen molar-refractivity contribution in [2.24, 2.45) is 0 Å². The molecule has 3 heterocycles. The zero-order chi connectivity index (χ0) is 22.4. The summed E-state index contributed by atoms with van der Waals surface area (Å²) < 4.78 is 49.9. The van der Waals surface area contributed by atoms with E-state index in [0.717, 1.165) is 0 Å². The quantitative estimate of drug-likeness (QED) is 0.794. The van der Waals surface area contributed by atoms with Crippen molar-refractivity contribution in [3.05, 3.63) is 47.5 Å². The van der Waals surface area contributed by atoms with Gasteiger partial charge in [-0.25, -0.2) is 9.97 Å². The molecule has 11 heteroatoms. The molecule has 31 heavy (non-hydrogen) atoms. The van der Waals surface area contributed by atoms with Crippen molar-refractivity contribution in [1.29, 1.82) is 0 Å². The van der Waals surface area contributed by atoms with Gasteiger partial charge >= 0.3 is 6.18 Å². The van der Waals surface area contributed by atoms with E-state index in [0.29, 0.717) is 17.0 Å². The van der Waals surface area contributed by atoms with Crippen LogP contribution in [0.15, 0.2) is 30.5 Å². The van der Waals surface area contributed by atoms with Gasteiger partial charge in [-0.1, -0.05) is 12.1 Å². The molecule has 2 amide bonds. The van der Waals surface area contributed by atoms with Gasteiger partial charge in [0, 0.05) is 18.8 Å². The molecule has 2 atom stereocenters. The fraction of sp³-hybridized carbons (Fsp3) is 0.400. The molecule has 4 rings (SSSR count). The largest absolute Gasteiger partial charge is 0.489 e. The van der Waals surface area contributed by atoms with Gasteiger partial charge in [-0.15, -0.1) is 0 Å². The minimum absolute atomic E-state index is 0.0120. The van der Waals surface area contributed by atoms with Crippen LogP contribution in [0, 0.1) is 0 Å². The molecule has 0 fully saturated rings. The lowest BCUT2D eigenvalue weighted by atomic mass is 9.96. The monoisotopic (exact) mass is 436 g/mol. The average Bonchev–Trinajstić information content (AvgIpc) is 2.98. The first-order valence-electron chi connectivity index (χ1n) is 9.45. The molecule has 0 spiro atoms. The number of aromatic nitrogens is 2. The third-order valence-electron chi connectivity index (χ3n) is 5.22. The highest BCUT2D eigenvalue weighted by atomic mass is 19.4. The minimum atomic E-state index is -4.48. The number of ether oxygens (including phenoxy) is 2. The van der Waals surface area contributed by atoms with Crippen molar-refractivity contribution in [2.75, 3.05) is 18.6 Å². The van der Waals surface area contributed by atoms with E-state index in [1.807, 2.05) is 0 Å². The number of benzene rings is 1. The van der Waals surface area contributed by atoms with Crippen LogP contribution in [0.3, 0.4) is 0 Å². The van der Waals surface area contributed by atoms with E-state index in [-0.39, 0.29) is 24.7 Å². The van der Waals surface area contributed by atoms with E-state index < -0.39 is 36.1 Å². The molecule has 0 aliphatic carbocycles. The summed E-state index contributed by atoms with van der Waals surface area (Å²) in [5, 5.41) is 2.51. The number of anilines is 1. The summed E-state index contributed by atoms with van der Waals surface area (Å²) in [4.78, 5) is 34.8. The van der Waals surface area contributed by atoms with E-state index in [9.17, 15) is 22.8 Å². The fourth-order valence-electron chi connectivity index (χ4n) is 3.68. The maximum atomic E-state index is 13.0.